The van der Waals surface area contributed by atoms with E-state index in [4.69, 9.17) is 9.84 Å². The number of amides is 1. The molecule has 0 aliphatic heterocycles. The normalized spacial score (nSPS) is 9.88. The highest BCUT2D eigenvalue weighted by molar-refractivity contribution is 5.92. The van der Waals surface area contributed by atoms with Crippen molar-refractivity contribution in [1.82, 2.24) is 0 Å². The first-order valence-corrected chi connectivity index (χ1v) is 5.31. The van der Waals surface area contributed by atoms with Gasteiger partial charge in [0.1, 0.15) is 5.75 Å². The van der Waals surface area contributed by atoms with Crippen molar-refractivity contribution in [3.05, 3.63) is 24.3 Å². The highest BCUT2D eigenvalue weighted by atomic mass is 16.5. The zero-order valence-electron chi connectivity index (χ0n) is 9.40. The first-order valence-electron chi connectivity index (χ1n) is 5.31. The maximum atomic E-state index is 11.5. The Kier molecular flexibility index (Phi) is 5.36. The van der Waals surface area contributed by atoms with E-state index in [0.717, 1.165) is 0 Å². The average Bonchev–Trinajstić information content (AvgIpc) is 2.30. The van der Waals surface area contributed by atoms with Crippen LogP contribution in [0.15, 0.2) is 24.3 Å². The fourth-order valence-electron chi connectivity index (χ4n) is 1.36. The van der Waals surface area contributed by atoms with Crippen molar-refractivity contribution in [3.8, 4) is 5.75 Å². The molecule has 0 aliphatic rings. The lowest BCUT2D eigenvalue weighted by molar-refractivity contribution is -0.116. The van der Waals surface area contributed by atoms with Gasteiger partial charge in [-0.05, 0) is 25.0 Å². The number of nitrogens with one attached hydrogen (secondary N) is 1. The van der Waals surface area contributed by atoms with Gasteiger partial charge in [0.15, 0.2) is 0 Å². The SMILES string of the molecule is COc1ccccc1NC(=O)CCCCO. The lowest BCUT2D eigenvalue weighted by Crippen LogP contribution is -2.12. The molecule has 0 bridgehead atoms. The number of aliphatic hydroxyl groups excluding tert-OH is 1. The van der Waals surface area contributed by atoms with Crippen LogP contribution in [0.2, 0.25) is 0 Å². The lowest BCUT2D eigenvalue weighted by Gasteiger charge is -2.09. The number of carbonyl (C=O) groups is 1. The second-order valence-corrected chi connectivity index (χ2v) is 3.43. The predicted molar refractivity (Wildman–Crippen MR) is 62.6 cm³/mol. The number of rotatable bonds is 6. The molecular formula is C12H17NO3. The molecule has 1 aromatic carbocycles. The largest absolute Gasteiger partial charge is 0.495 e. The fourth-order valence-corrected chi connectivity index (χ4v) is 1.36. The molecule has 0 saturated heterocycles. The van der Waals surface area contributed by atoms with E-state index in [9.17, 15) is 4.79 Å². The maximum Gasteiger partial charge on any atom is 0.224 e. The summed E-state index contributed by atoms with van der Waals surface area (Å²) in [4.78, 5) is 11.5. The topological polar surface area (TPSA) is 58.6 Å². The van der Waals surface area contributed by atoms with Gasteiger partial charge in [-0.15, -0.1) is 0 Å². The maximum absolute atomic E-state index is 11.5. The van der Waals surface area contributed by atoms with Crippen LogP contribution in [-0.4, -0.2) is 24.7 Å². The number of methoxy groups -OCH3 is 1. The molecule has 1 rings (SSSR count). The minimum atomic E-state index is -0.0575. The van der Waals surface area contributed by atoms with Gasteiger partial charge >= 0.3 is 0 Å². The van der Waals surface area contributed by atoms with Gasteiger partial charge in [0.2, 0.25) is 5.91 Å². The molecule has 4 heteroatoms. The molecule has 0 aliphatic carbocycles. The molecule has 1 aromatic rings. The van der Waals surface area contributed by atoms with Gasteiger partial charge in [0.05, 0.1) is 12.8 Å². The molecule has 0 atom stereocenters. The van der Waals surface area contributed by atoms with Crippen LogP contribution < -0.4 is 10.1 Å². The summed E-state index contributed by atoms with van der Waals surface area (Å²) in [7, 11) is 1.57. The van der Waals surface area contributed by atoms with Crippen molar-refractivity contribution in [3.63, 3.8) is 0 Å². The number of ether oxygens (including phenoxy) is 1. The zero-order valence-corrected chi connectivity index (χ0v) is 9.40. The number of hydrogen-bond donors (Lipinski definition) is 2. The van der Waals surface area contributed by atoms with E-state index >= 15 is 0 Å². The van der Waals surface area contributed by atoms with Gasteiger partial charge < -0.3 is 15.2 Å². The number of anilines is 1. The minimum Gasteiger partial charge on any atom is -0.495 e. The summed E-state index contributed by atoms with van der Waals surface area (Å²) in [6, 6.07) is 7.28. The third-order valence-electron chi connectivity index (χ3n) is 2.19. The molecule has 0 spiro atoms. The standard InChI is InChI=1S/C12H17NO3/c1-16-11-7-3-2-6-10(11)13-12(15)8-4-5-9-14/h2-3,6-7,14H,4-5,8-9H2,1H3,(H,13,15). The van der Waals surface area contributed by atoms with E-state index in [0.29, 0.717) is 30.7 Å². The second-order valence-electron chi connectivity index (χ2n) is 3.43. The zero-order chi connectivity index (χ0) is 11.8. The molecule has 0 heterocycles. The van der Waals surface area contributed by atoms with Crippen LogP contribution in [0.4, 0.5) is 5.69 Å². The fraction of sp³-hybridized carbons (Fsp3) is 0.417. The van der Waals surface area contributed by atoms with Gasteiger partial charge in [-0.1, -0.05) is 12.1 Å². The van der Waals surface area contributed by atoms with Gasteiger partial charge in [-0.2, -0.15) is 0 Å². The first-order chi connectivity index (χ1) is 7.77. The van der Waals surface area contributed by atoms with Crippen molar-refractivity contribution in [2.24, 2.45) is 0 Å². The molecule has 0 unspecified atom stereocenters. The van der Waals surface area contributed by atoms with E-state index in [2.05, 4.69) is 5.32 Å². The van der Waals surface area contributed by atoms with Crippen LogP contribution in [0.1, 0.15) is 19.3 Å². The van der Waals surface area contributed by atoms with Crippen LogP contribution >= 0.6 is 0 Å². The van der Waals surface area contributed by atoms with Gasteiger partial charge in [0.25, 0.3) is 0 Å². The predicted octanol–water partition coefficient (Wildman–Crippen LogP) is 1.80. The Labute approximate surface area is 95.2 Å². The summed E-state index contributed by atoms with van der Waals surface area (Å²) >= 11 is 0. The van der Waals surface area contributed by atoms with E-state index in [-0.39, 0.29) is 12.5 Å². The van der Waals surface area contributed by atoms with E-state index in [1.165, 1.54) is 0 Å². The Morgan fingerprint density at radius 2 is 2.12 bits per heavy atom. The quantitative estimate of drug-likeness (QED) is 0.723. The number of aliphatic hydroxyl groups is 1. The summed E-state index contributed by atoms with van der Waals surface area (Å²) in [5.41, 5.74) is 0.680. The van der Waals surface area contributed by atoms with Crippen molar-refractivity contribution < 1.29 is 14.6 Å². The summed E-state index contributed by atoms with van der Waals surface area (Å²) in [6.45, 7) is 0.127. The molecule has 2 N–H and O–H groups in total. The van der Waals surface area contributed by atoms with Crippen molar-refractivity contribution in [2.45, 2.75) is 19.3 Å². The van der Waals surface area contributed by atoms with Crippen LogP contribution in [0.5, 0.6) is 5.75 Å². The molecule has 0 saturated carbocycles. The smallest absolute Gasteiger partial charge is 0.224 e. The molecule has 0 radical (unpaired) electrons. The Morgan fingerprint density at radius 1 is 1.38 bits per heavy atom. The van der Waals surface area contributed by atoms with Crippen molar-refractivity contribution in [1.29, 1.82) is 0 Å². The molecule has 1 amide bonds. The molecule has 0 fully saturated rings. The lowest BCUT2D eigenvalue weighted by atomic mass is 10.2. The number of benzene rings is 1. The van der Waals surface area contributed by atoms with E-state index in [1.807, 2.05) is 12.1 Å². The second kappa shape index (κ2) is 6.85. The number of hydrogen-bond acceptors (Lipinski definition) is 3. The summed E-state index contributed by atoms with van der Waals surface area (Å²) in [5, 5.41) is 11.4. The monoisotopic (exact) mass is 223 g/mol. The Balaban J connectivity index is 2.49. The first kappa shape index (κ1) is 12.5. The minimum absolute atomic E-state index is 0.0575. The summed E-state index contributed by atoms with van der Waals surface area (Å²) in [5.74, 6) is 0.593. The summed E-state index contributed by atoms with van der Waals surface area (Å²) in [6.07, 6.45) is 1.76. The van der Waals surface area contributed by atoms with Crippen molar-refractivity contribution >= 4 is 11.6 Å². The van der Waals surface area contributed by atoms with Gasteiger partial charge in [-0.3, -0.25) is 4.79 Å². The van der Waals surface area contributed by atoms with Crippen LogP contribution in [0.25, 0.3) is 0 Å². The van der Waals surface area contributed by atoms with Crippen LogP contribution in [0, 0.1) is 0 Å². The summed E-state index contributed by atoms with van der Waals surface area (Å²) < 4.78 is 5.12. The number of carbonyl (C=O) groups excluding carboxylic acids is 1. The molecular weight excluding hydrogens is 206 g/mol. The van der Waals surface area contributed by atoms with Crippen molar-refractivity contribution in [2.75, 3.05) is 19.0 Å². The number of para-hydroxylation sites is 2. The Morgan fingerprint density at radius 3 is 2.81 bits per heavy atom. The Hall–Kier alpha value is -1.55. The third kappa shape index (κ3) is 3.90. The Bertz CT molecular complexity index is 339. The van der Waals surface area contributed by atoms with Crippen LogP contribution in [0.3, 0.4) is 0 Å². The molecule has 4 nitrogen and oxygen atoms in total. The van der Waals surface area contributed by atoms with Gasteiger partial charge in [-0.25, -0.2) is 0 Å². The average molecular weight is 223 g/mol. The number of unbranched alkanes of at least 4 members (excludes halogenated alkanes) is 1. The highest BCUT2D eigenvalue weighted by Crippen LogP contribution is 2.23. The third-order valence-corrected chi connectivity index (χ3v) is 2.19. The highest BCUT2D eigenvalue weighted by Gasteiger charge is 2.05. The molecule has 0 aromatic heterocycles. The molecule has 16 heavy (non-hydrogen) atoms. The van der Waals surface area contributed by atoms with E-state index < -0.39 is 0 Å². The molecule has 88 valence electrons. The van der Waals surface area contributed by atoms with E-state index in [1.54, 1.807) is 19.2 Å². The van der Waals surface area contributed by atoms with Crippen LogP contribution in [-0.2, 0) is 4.79 Å². The van der Waals surface area contributed by atoms with Gasteiger partial charge in [0, 0.05) is 13.0 Å².